The molecule has 3 fully saturated rings. The zero-order valence-electron chi connectivity index (χ0n) is 27.6. The highest BCUT2D eigenvalue weighted by Crippen LogP contribution is 2.67. The van der Waals surface area contributed by atoms with Gasteiger partial charge < -0.3 is 15.0 Å². The fraction of sp³-hybridized carbons (Fsp3) is 0.889. The normalized spacial score (nSPS) is 35.3. The first kappa shape index (κ1) is 32.6. The molecule has 8 atom stereocenters. The van der Waals surface area contributed by atoms with Crippen molar-refractivity contribution in [2.24, 2.45) is 46.3 Å². The molecular weight excluding hydrogens is 508 g/mol. The van der Waals surface area contributed by atoms with Gasteiger partial charge in [-0.1, -0.05) is 65.5 Å². The van der Waals surface area contributed by atoms with E-state index in [1.165, 1.54) is 51.4 Å². The average Bonchev–Trinajstić information content (AvgIpc) is 3.27. The van der Waals surface area contributed by atoms with E-state index in [9.17, 15) is 9.59 Å². The fourth-order valence-electron chi connectivity index (χ4n) is 9.92. The fourth-order valence-corrected chi connectivity index (χ4v) is 9.92. The number of nitrogens with one attached hydrogen (secondary N) is 1. The summed E-state index contributed by atoms with van der Waals surface area (Å²) >= 11 is 0. The van der Waals surface area contributed by atoms with Crippen LogP contribution in [0.2, 0.25) is 0 Å². The van der Waals surface area contributed by atoms with E-state index in [0.29, 0.717) is 12.0 Å². The summed E-state index contributed by atoms with van der Waals surface area (Å²) in [5, 5.41) is 2.92. The van der Waals surface area contributed by atoms with E-state index in [1.807, 2.05) is 14.1 Å². The molecule has 0 aromatic heterocycles. The van der Waals surface area contributed by atoms with Crippen LogP contribution in [0.15, 0.2) is 11.6 Å². The number of carbonyl (C=O) groups excluding carboxylic acids is 2. The maximum absolute atomic E-state index is 12.6. The summed E-state index contributed by atoms with van der Waals surface area (Å²) in [6, 6.07) is 0. The number of carbonyl (C=O) groups is 2. The Kier molecular flexibility index (Phi) is 11.1. The van der Waals surface area contributed by atoms with Crippen LogP contribution in [0.3, 0.4) is 0 Å². The molecule has 41 heavy (non-hydrogen) atoms. The minimum Gasteiger partial charge on any atom is -0.462 e. The highest BCUT2D eigenvalue weighted by atomic mass is 16.5. The van der Waals surface area contributed by atoms with Crippen LogP contribution in [-0.2, 0) is 14.3 Å². The lowest BCUT2D eigenvalue weighted by molar-refractivity contribution is -0.152. The van der Waals surface area contributed by atoms with Gasteiger partial charge in [0.2, 0.25) is 5.91 Å². The van der Waals surface area contributed by atoms with Crippen molar-refractivity contribution in [1.82, 2.24) is 10.2 Å². The van der Waals surface area contributed by atoms with Gasteiger partial charge in [-0.15, -0.1) is 0 Å². The van der Waals surface area contributed by atoms with Crippen molar-refractivity contribution in [3.8, 4) is 0 Å². The van der Waals surface area contributed by atoms with Crippen LogP contribution in [0.1, 0.15) is 125 Å². The third-order valence-corrected chi connectivity index (χ3v) is 12.2. The van der Waals surface area contributed by atoms with Crippen molar-refractivity contribution >= 4 is 11.9 Å². The van der Waals surface area contributed by atoms with E-state index in [2.05, 4.69) is 50.9 Å². The Balaban J connectivity index is 1.28. The van der Waals surface area contributed by atoms with Gasteiger partial charge in [0.05, 0.1) is 6.42 Å². The number of nitrogens with zero attached hydrogens (tertiary/aromatic N) is 1. The minimum absolute atomic E-state index is 0.0297. The van der Waals surface area contributed by atoms with Crippen LogP contribution >= 0.6 is 0 Å². The third-order valence-electron chi connectivity index (χ3n) is 12.2. The summed E-state index contributed by atoms with van der Waals surface area (Å²) in [6.45, 7) is 14.1. The summed E-state index contributed by atoms with van der Waals surface area (Å²) < 4.78 is 5.94. The van der Waals surface area contributed by atoms with Crippen molar-refractivity contribution in [1.29, 1.82) is 0 Å². The monoisotopic (exact) mass is 570 g/mol. The number of ether oxygens (including phenoxy) is 1. The molecule has 0 saturated heterocycles. The molecule has 0 aliphatic heterocycles. The van der Waals surface area contributed by atoms with Crippen LogP contribution in [0.4, 0.5) is 0 Å². The predicted octanol–water partition coefficient (Wildman–Crippen LogP) is 7.79. The molecule has 4 rings (SSSR count). The van der Waals surface area contributed by atoms with E-state index in [4.69, 9.17) is 4.74 Å². The number of hydrogen-bond donors (Lipinski definition) is 1. The standard InChI is InChI=1S/C36H62N2O3/c1-25(2)10-8-11-26(3)30-14-15-31-29-13-12-27-24-28(18-20-35(27,4)32(29)19-21-36(30,31)5)41-34(40)17-16-33(39)37-22-9-23-38(6)7/h12,25-26,28-32H,8-11,13-24H2,1-7H3,(H,37,39)/t26-,28+,29+,30-,31+,32+,35+,36-/m1/s1. The molecular formula is C36H62N2O3. The topological polar surface area (TPSA) is 58.6 Å². The van der Waals surface area contributed by atoms with Gasteiger partial charge in [0.15, 0.2) is 0 Å². The molecule has 1 amide bonds. The van der Waals surface area contributed by atoms with Gasteiger partial charge in [0, 0.05) is 19.4 Å². The summed E-state index contributed by atoms with van der Waals surface area (Å²) in [7, 11) is 4.05. The van der Waals surface area contributed by atoms with Crippen LogP contribution in [0.5, 0.6) is 0 Å². The van der Waals surface area contributed by atoms with Crippen LogP contribution in [-0.4, -0.2) is 50.1 Å². The SMILES string of the molecule is CC(C)CCC[C@@H](C)[C@H]1CC[C@H]2[C@@H]3CC=C4C[C@@H](OC(=O)CCC(=O)NCCCN(C)C)CC[C@]4(C)[C@H]3CC[C@]12C. The zero-order valence-corrected chi connectivity index (χ0v) is 27.6. The lowest BCUT2D eigenvalue weighted by Crippen LogP contribution is -2.51. The first-order chi connectivity index (χ1) is 19.4. The van der Waals surface area contributed by atoms with Gasteiger partial charge in [-0.25, -0.2) is 0 Å². The van der Waals surface area contributed by atoms with E-state index in [-0.39, 0.29) is 36.2 Å². The zero-order chi connectivity index (χ0) is 29.8. The summed E-state index contributed by atoms with van der Waals surface area (Å²) in [4.78, 5) is 26.9. The number of fused-ring (bicyclic) bond motifs is 5. The Morgan fingerprint density at radius 3 is 2.51 bits per heavy atom. The molecule has 0 unspecified atom stereocenters. The largest absolute Gasteiger partial charge is 0.462 e. The molecule has 1 N–H and O–H groups in total. The Morgan fingerprint density at radius 1 is 1.00 bits per heavy atom. The molecule has 5 nitrogen and oxygen atoms in total. The average molecular weight is 571 g/mol. The molecule has 3 saturated carbocycles. The van der Waals surface area contributed by atoms with E-state index in [0.717, 1.165) is 67.7 Å². The lowest BCUT2D eigenvalue weighted by atomic mass is 9.47. The molecule has 5 heteroatoms. The first-order valence-electron chi connectivity index (χ1n) is 17.2. The number of rotatable bonds is 13. The summed E-state index contributed by atoms with van der Waals surface area (Å²) in [6.07, 6.45) is 17.9. The van der Waals surface area contributed by atoms with Gasteiger partial charge in [0.1, 0.15) is 6.10 Å². The Bertz CT molecular complexity index is 928. The van der Waals surface area contributed by atoms with Gasteiger partial charge in [0.25, 0.3) is 0 Å². The second-order valence-corrected chi connectivity index (χ2v) is 15.7. The van der Waals surface area contributed by atoms with Crippen molar-refractivity contribution in [2.45, 2.75) is 131 Å². The van der Waals surface area contributed by atoms with Crippen molar-refractivity contribution in [2.75, 3.05) is 27.2 Å². The van der Waals surface area contributed by atoms with Crippen molar-refractivity contribution in [3.63, 3.8) is 0 Å². The molecule has 234 valence electrons. The molecule has 0 radical (unpaired) electrons. The molecule has 0 aromatic rings. The minimum atomic E-state index is -0.218. The molecule has 0 aromatic carbocycles. The third kappa shape index (κ3) is 7.60. The first-order valence-corrected chi connectivity index (χ1v) is 17.2. The quantitative estimate of drug-likeness (QED) is 0.139. The second kappa shape index (κ2) is 14.0. The summed E-state index contributed by atoms with van der Waals surface area (Å²) in [5.41, 5.74) is 2.34. The number of amides is 1. The summed E-state index contributed by atoms with van der Waals surface area (Å²) in [5.74, 6) is 4.78. The Morgan fingerprint density at radius 2 is 1.78 bits per heavy atom. The van der Waals surface area contributed by atoms with E-state index in [1.54, 1.807) is 5.57 Å². The highest BCUT2D eigenvalue weighted by Gasteiger charge is 2.59. The maximum Gasteiger partial charge on any atom is 0.306 e. The maximum atomic E-state index is 12.6. The molecule has 0 spiro atoms. The van der Waals surface area contributed by atoms with Crippen molar-refractivity contribution in [3.05, 3.63) is 11.6 Å². The van der Waals surface area contributed by atoms with Crippen LogP contribution in [0, 0.1) is 46.3 Å². The molecule has 4 aliphatic carbocycles. The van der Waals surface area contributed by atoms with Crippen LogP contribution in [0.25, 0.3) is 0 Å². The van der Waals surface area contributed by atoms with Gasteiger partial charge in [-0.2, -0.15) is 0 Å². The second-order valence-electron chi connectivity index (χ2n) is 15.7. The van der Waals surface area contributed by atoms with E-state index >= 15 is 0 Å². The van der Waals surface area contributed by atoms with E-state index < -0.39 is 0 Å². The molecule has 4 aliphatic rings. The van der Waals surface area contributed by atoms with Gasteiger partial charge in [-0.3, -0.25) is 9.59 Å². The Hall–Kier alpha value is -1.36. The number of allylic oxidation sites excluding steroid dienone is 1. The lowest BCUT2D eigenvalue weighted by Gasteiger charge is -2.58. The Labute approximate surface area is 252 Å². The van der Waals surface area contributed by atoms with Crippen LogP contribution < -0.4 is 5.32 Å². The van der Waals surface area contributed by atoms with Gasteiger partial charge >= 0.3 is 5.97 Å². The molecule has 0 bridgehead atoms. The van der Waals surface area contributed by atoms with Gasteiger partial charge in [-0.05, 0) is 118 Å². The van der Waals surface area contributed by atoms with Crippen molar-refractivity contribution < 1.29 is 14.3 Å². The number of hydrogen-bond acceptors (Lipinski definition) is 4. The predicted molar refractivity (Wildman–Crippen MR) is 168 cm³/mol. The number of esters is 1. The highest BCUT2D eigenvalue weighted by molar-refractivity contribution is 5.81. The smallest absolute Gasteiger partial charge is 0.306 e. The molecule has 0 heterocycles.